The van der Waals surface area contributed by atoms with E-state index in [4.69, 9.17) is 9.47 Å². The molecule has 158 valence electrons. The van der Waals surface area contributed by atoms with Gasteiger partial charge in [0.1, 0.15) is 18.4 Å². The van der Waals surface area contributed by atoms with Crippen LogP contribution in [0.25, 0.3) is 0 Å². The number of hydrogen-bond acceptors (Lipinski definition) is 5. The number of morpholine rings is 1. The Labute approximate surface area is 176 Å². The van der Waals surface area contributed by atoms with E-state index in [9.17, 15) is 9.59 Å². The molecule has 30 heavy (non-hydrogen) atoms. The molecular formula is C23H27N3O4. The molecule has 0 radical (unpaired) electrons. The Kier molecular flexibility index (Phi) is 6.18. The summed E-state index contributed by atoms with van der Waals surface area (Å²) in [5.74, 6) is 0.568. The van der Waals surface area contributed by atoms with Gasteiger partial charge >= 0.3 is 0 Å². The summed E-state index contributed by atoms with van der Waals surface area (Å²) in [4.78, 5) is 31.6. The SMILES string of the molecule is COc1ccc(CN2C(=O)COCC2C(=O)N2CCN(c3ccccc3)CC2)cc1. The highest BCUT2D eigenvalue weighted by Gasteiger charge is 2.37. The van der Waals surface area contributed by atoms with E-state index in [1.807, 2.05) is 47.4 Å². The van der Waals surface area contributed by atoms with Gasteiger partial charge in [-0.1, -0.05) is 30.3 Å². The summed E-state index contributed by atoms with van der Waals surface area (Å²) in [7, 11) is 1.62. The average molecular weight is 409 g/mol. The number of para-hydroxylation sites is 1. The largest absolute Gasteiger partial charge is 0.497 e. The number of piperazine rings is 1. The Balaban J connectivity index is 1.41. The Morgan fingerprint density at radius 1 is 1.03 bits per heavy atom. The second-order valence-electron chi connectivity index (χ2n) is 7.55. The molecule has 0 aliphatic carbocycles. The number of benzene rings is 2. The quantitative estimate of drug-likeness (QED) is 0.753. The Morgan fingerprint density at radius 2 is 1.73 bits per heavy atom. The van der Waals surface area contributed by atoms with Gasteiger partial charge in [0, 0.05) is 38.4 Å². The zero-order chi connectivity index (χ0) is 20.9. The first-order valence-corrected chi connectivity index (χ1v) is 10.2. The van der Waals surface area contributed by atoms with Crippen molar-refractivity contribution in [2.24, 2.45) is 0 Å². The highest BCUT2D eigenvalue weighted by atomic mass is 16.5. The van der Waals surface area contributed by atoms with Crippen LogP contribution in [0.4, 0.5) is 5.69 Å². The van der Waals surface area contributed by atoms with Crippen molar-refractivity contribution in [2.45, 2.75) is 12.6 Å². The van der Waals surface area contributed by atoms with Gasteiger partial charge < -0.3 is 24.2 Å². The minimum Gasteiger partial charge on any atom is -0.497 e. The van der Waals surface area contributed by atoms with E-state index in [1.165, 1.54) is 5.69 Å². The van der Waals surface area contributed by atoms with Crippen molar-refractivity contribution in [1.29, 1.82) is 0 Å². The van der Waals surface area contributed by atoms with Crippen LogP contribution >= 0.6 is 0 Å². The van der Waals surface area contributed by atoms with Gasteiger partial charge in [-0.25, -0.2) is 0 Å². The van der Waals surface area contributed by atoms with Crippen LogP contribution in [0.1, 0.15) is 5.56 Å². The molecule has 0 N–H and O–H groups in total. The van der Waals surface area contributed by atoms with Gasteiger partial charge in [-0.2, -0.15) is 0 Å². The van der Waals surface area contributed by atoms with Crippen molar-refractivity contribution >= 4 is 17.5 Å². The van der Waals surface area contributed by atoms with Gasteiger partial charge in [-0.3, -0.25) is 9.59 Å². The number of methoxy groups -OCH3 is 1. The lowest BCUT2D eigenvalue weighted by Gasteiger charge is -2.41. The van der Waals surface area contributed by atoms with Crippen LogP contribution in [0.15, 0.2) is 54.6 Å². The second-order valence-corrected chi connectivity index (χ2v) is 7.55. The lowest BCUT2D eigenvalue weighted by atomic mass is 10.1. The molecule has 2 heterocycles. The van der Waals surface area contributed by atoms with E-state index in [0.29, 0.717) is 19.6 Å². The summed E-state index contributed by atoms with van der Waals surface area (Å²) in [5.41, 5.74) is 2.12. The third-order valence-corrected chi connectivity index (χ3v) is 5.71. The van der Waals surface area contributed by atoms with Crippen molar-refractivity contribution in [2.75, 3.05) is 51.4 Å². The zero-order valence-electron chi connectivity index (χ0n) is 17.2. The fraction of sp³-hybridized carbons (Fsp3) is 0.391. The van der Waals surface area contributed by atoms with Crippen molar-refractivity contribution in [3.05, 3.63) is 60.2 Å². The molecule has 4 rings (SSSR count). The molecule has 2 amide bonds. The summed E-state index contributed by atoms with van der Waals surface area (Å²) < 4.78 is 10.6. The number of carbonyl (C=O) groups is 2. The minimum absolute atomic E-state index is 0.0156. The topological polar surface area (TPSA) is 62.3 Å². The van der Waals surface area contributed by atoms with Crippen LogP contribution in [0.5, 0.6) is 5.75 Å². The molecule has 7 nitrogen and oxygen atoms in total. The van der Waals surface area contributed by atoms with Crippen LogP contribution < -0.4 is 9.64 Å². The van der Waals surface area contributed by atoms with E-state index in [0.717, 1.165) is 24.4 Å². The monoisotopic (exact) mass is 409 g/mol. The van der Waals surface area contributed by atoms with Crippen LogP contribution in [0, 0.1) is 0 Å². The van der Waals surface area contributed by atoms with E-state index in [1.54, 1.807) is 12.0 Å². The summed E-state index contributed by atoms with van der Waals surface area (Å²) in [6.45, 7) is 3.45. The fourth-order valence-corrected chi connectivity index (χ4v) is 3.97. The molecule has 1 atom stereocenters. The van der Waals surface area contributed by atoms with Gasteiger partial charge in [-0.05, 0) is 29.8 Å². The fourth-order valence-electron chi connectivity index (χ4n) is 3.97. The van der Waals surface area contributed by atoms with E-state index in [2.05, 4.69) is 17.0 Å². The first-order valence-electron chi connectivity index (χ1n) is 10.2. The molecule has 1 unspecified atom stereocenters. The lowest BCUT2D eigenvalue weighted by molar-refractivity contribution is -0.160. The summed E-state index contributed by atoms with van der Waals surface area (Å²) in [6, 6.07) is 17.2. The zero-order valence-corrected chi connectivity index (χ0v) is 17.2. The maximum atomic E-state index is 13.3. The molecule has 2 aliphatic rings. The molecule has 2 saturated heterocycles. The molecule has 2 aromatic rings. The third-order valence-electron chi connectivity index (χ3n) is 5.71. The number of rotatable bonds is 5. The average Bonchev–Trinajstić information content (AvgIpc) is 2.81. The maximum Gasteiger partial charge on any atom is 0.249 e. The molecule has 2 fully saturated rings. The van der Waals surface area contributed by atoms with Gasteiger partial charge in [-0.15, -0.1) is 0 Å². The molecule has 0 bridgehead atoms. The van der Waals surface area contributed by atoms with Gasteiger partial charge in [0.15, 0.2) is 0 Å². The summed E-state index contributed by atoms with van der Waals surface area (Å²) in [6.07, 6.45) is 0. The molecule has 0 spiro atoms. The molecule has 0 saturated carbocycles. The number of carbonyl (C=O) groups excluding carboxylic acids is 2. The van der Waals surface area contributed by atoms with Crippen molar-refractivity contribution in [1.82, 2.24) is 9.80 Å². The predicted molar refractivity (Wildman–Crippen MR) is 113 cm³/mol. The highest BCUT2D eigenvalue weighted by molar-refractivity contribution is 5.89. The van der Waals surface area contributed by atoms with Crippen molar-refractivity contribution in [3.63, 3.8) is 0 Å². The minimum atomic E-state index is -0.586. The normalized spacial score (nSPS) is 19.7. The van der Waals surface area contributed by atoms with Crippen LogP contribution in [-0.4, -0.2) is 74.2 Å². The number of nitrogens with zero attached hydrogens (tertiary/aromatic N) is 3. The van der Waals surface area contributed by atoms with Crippen molar-refractivity contribution < 1.29 is 19.1 Å². The highest BCUT2D eigenvalue weighted by Crippen LogP contribution is 2.20. The Morgan fingerprint density at radius 3 is 2.40 bits per heavy atom. The molecule has 2 aliphatic heterocycles. The summed E-state index contributed by atoms with van der Waals surface area (Å²) >= 11 is 0. The van der Waals surface area contributed by atoms with Crippen molar-refractivity contribution in [3.8, 4) is 5.75 Å². The molecule has 0 aromatic heterocycles. The first-order chi connectivity index (χ1) is 14.7. The standard InChI is InChI=1S/C23H27N3O4/c1-29-20-9-7-18(8-10-20)15-26-21(16-30-17-22(26)27)23(28)25-13-11-24(12-14-25)19-5-3-2-4-6-19/h2-10,21H,11-17H2,1H3. The summed E-state index contributed by atoms with van der Waals surface area (Å²) in [5, 5.41) is 0. The van der Waals surface area contributed by atoms with Gasteiger partial charge in [0.2, 0.25) is 11.8 Å². The number of ether oxygens (including phenoxy) is 2. The smallest absolute Gasteiger partial charge is 0.249 e. The van der Waals surface area contributed by atoms with Gasteiger partial charge in [0.05, 0.1) is 13.7 Å². The second kappa shape index (κ2) is 9.17. The molecule has 2 aromatic carbocycles. The third kappa shape index (κ3) is 4.41. The Hall–Kier alpha value is -3.06. The Bertz CT molecular complexity index is 864. The van der Waals surface area contributed by atoms with E-state index >= 15 is 0 Å². The number of amides is 2. The van der Waals surface area contributed by atoms with E-state index in [-0.39, 0.29) is 25.0 Å². The van der Waals surface area contributed by atoms with Crippen LogP contribution in [0.2, 0.25) is 0 Å². The predicted octanol–water partition coefficient (Wildman–Crippen LogP) is 1.77. The van der Waals surface area contributed by atoms with Crippen LogP contribution in [-0.2, 0) is 20.9 Å². The molecule has 7 heteroatoms. The maximum absolute atomic E-state index is 13.3. The van der Waals surface area contributed by atoms with E-state index < -0.39 is 6.04 Å². The van der Waals surface area contributed by atoms with Gasteiger partial charge in [0.25, 0.3) is 0 Å². The lowest BCUT2D eigenvalue weighted by Crippen LogP contribution is -2.59. The van der Waals surface area contributed by atoms with Crippen LogP contribution in [0.3, 0.4) is 0 Å². The number of anilines is 1. The molecular weight excluding hydrogens is 382 g/mol. The number of hydrogen-bond donors (Lipinski definition) is 0. The first kappa shape index (κ1) is 20.2.